The molecule has 1 saturated heterocycles. The molecule has 1 aromatic rings. The van der Waals surface area contributed by atoms with E-state index in [-0.39, 0.29) is 18.4 Å². The first kappa shape index (κ1) is 14.7. The number of halogens is 1. The van der Waals surface area contributed by atoms with Crippen molar-refractivity contribution in [2.45, 2.75) is 6.04 Å². The second-order valence-electron chi connectivity index (χ2n) is 4.17. The molecular formula is C13H12ClN3O2S. The van der Waals surface area contributed by atoms with Crippen molar-refractivity contribution in [1.82, 2.24) is 10.2 Å². The maximum absolute atomic E-state index is 12.4. The molecule has 1 heterocycles. The molecule has 7 heteroatoms. The molecule has 20 heavy (non-hydrogen) atoms. The highest BCUT2D eigenvalue weighted by atomic mass is 35.5. The molecule has 2 amide bonds. The molecule has 1 N–H and O–H groups in total. The zero-order valence-corrected chi connectivity index (χ0v) is 12.1. The van der Waals surface area contributed by atoms with Crippen LogP contribution in [-0.4, -0.2) is 40.9 Å². The highest BCUT2D eigenvalue weighted by Gasteiger charge is 2.34. The van der Waals surface area contributed by atoms with Crippen molar-refractivity contribution in [3.8, 4) is 6.07 Å². The van der Waals surface area contributed by atoms with Gasteiger partial charge in [0, 0.05) is 16.3 Å². The summed E-state index contributed by atoms with van der Waals surface area (Å²) in [5.74, 6) is 0.505. The van der Waals surface area contributed by atoms with Gasteiger partial charge in [-0.2, -0.15) is 5.26 Å². The Hall–Kier alpha value is -1.71. The van der Waals surface area contributed by atoms with Crippen LogP contribution in [0.25, 0.3) is 0 Å². The van der Waals surface area contributed by atoms with Crippen molar-refractivity contribution in [3.63, 3.8) is 0 Å². The lowest BCUT2D eigenvalue weighted by molar-refractivity contribution is -0.124. The van der Waals surface area contributed by atoms with Crippen LogP contribution in [0.15, 0.2) is 24.3 Å². The molecule has 1 atom stereocenters. The maximum Gasteiger partial charge on any atom is 0.255 e. The van der Waals surface area contributed by atoms with E-state index in [1.807, 2.05) is 6.07 Å². The van der Waals surface area contributed by atoms with E-state index < -0.39 is 6.04 Å². The lowest BCUT2D eigenvalue weighted by Gasteiger charge is -2.22. The third-order valence-corrected chi connectivity index (χ3v) is 4.14. The first-order chi connectivity index (χ1) is 9.63. The van der Waals surface area contributed by atoms with Gasteiger partial charge in [0.25, 0.3) is 5.91 Å². The number of nitriles is 1. The summed E-state index contributed by atoms with van der Waals surface area (Å²) < 4.78 is 0. The van der Waals surface area contributed by atoms with Gasteiger partial charge in [0.1, 0.15) is 12.6 Å². The number of carbonyl (C=O) groups excluding carboxylic acids is 2. The molecule has 1 fully saturated rings. The minimum atomic E-state index is -0.531. The lowest BCUT2D eigenvalue weighted by Crippen LogP contribution is -2.47. The molecule has 0 saturated carbocycles. The van der Waals surface area contributed by atoms with Crippen molar-refractivity contribution in [2.24, 2.45) is 0 Å². The quantitative estimate of drug-likeness (QED) is 0.859. The molecule has 1 aliphatic rings. The molecular weight excluding hydrogens is 298 g/mol. The monoisotopic (exact) mass is 309 g/mol. The zero-order chi connectivity index (χ0) is 14.5. The highest BCUT2D eigenvalue weighted by molar-refractivity contribution is 7.99. The summed E-state index contributed by atoms with van der Waals surface area (Å²) in [6.45, 7) is -0.0526. The van der Waals surface area contributed by atoms with E-state index >= 15 is 0 Å². The first-order valence-electron chi connectivity index (χ1n) is 5.92. The van der Waals surface area contributed by atoms with Crippen molar-refractivity contribution >= 4 is 35.2 Å². The van der Waals surface area contributed by atoms with Gasteiger partial charge in [-0.15, -0.1) is 11.8 Å². The van der Waals surface area contributed by atoms with Crippen LogP contribution < -0.4 is 5.32 Å². The van der Waals surface area contributed by atoms with Gasteiger partial charge < -0.3 is 10.2 Å². The van der Waals surface area contributed by atoms with E-state index in [1.54, 1.807) is 24.3 Å². The Kier molecular flexibility index (Phi) is 4.88. The summed E-state index contributed by atoms with van der Waals surface area (Å²) in [5.41, 5.74) is 0.495. The van der Waals surface area contributed by atoms with Crippen LogP contribution in [0, 0.1) is 11.3 Å². The van der Waals surface area contributed by atoms with E-state index in [4.69, 9.17) is 16.9 Å². The summed E-state index contributed by atoms with van der Waals surface area (Å²) in [6.07, 6.45) is 0. The molecule has 5 nitrogen and oxygen atoms in total. The van der Waals surface area contributed by atoms with Crippen molar-refractivity contribution in [2.75, 3.05) is 18.2 Å². The predicted molar refractivity (Wildman–Crippen MR) is 77.4 cm³/mol. The molecule has 1 unspecified atom stereocenters. The minimum absolute atomic E-state index is 0.0526. The van der Waals surface area contributed by atoms with Gasteiger partial charge in [-0.1, -0.05) is 11.6 Å². The second kappa shape index (κ2) is 6.64. The second-order valence-corrected chi connectivity index (χ2v) is 5.61. The average molecular weight is 310 g/mol. The van der Waals surface area contributed by atoms with Gasteiger partial charge in [0.15, 0.2) is 0 Å². The summed E-state index contributed by atoms with van der Waals surface area (Å²) in [6, 6.07) is 7.87. The Morgan fingerprint density at radius 2 is 2.15 bits per heavy atom. The van der Waals surface area contributed by atoms with Gasteiger partial charge in [-0.05, 0) is 24.3 Å². The number of benzene rings is 1. The van der Waals surface area contributed by atoms with E-state index in [1.165, 1.54) is 16.7 Å². The summed E-state index contributed by atoms with van der Waals surface area (Å²) in [5, 5.41) is 11.5. The van der Waals surface area contributed by atoms with Gasteiger partial charge in [0.2, 0.25) is 5.91 Å². The van der Waals surface area contributed by atoms with Gasteiger partial charge in [-0.25, -0.2) is 0 Å². The highest BCUT2D eigenvalue weighted by Crippen LogP contribution is 2.23. The van der Waals surface area contributed by atoms with E-state index in [0.717, 1.165) is 0 Å². The van der Waals surface area contributed by atoms with Crippen LogP contribution >= 0.6 is 23.4 Å². The van der Waals surface area contributed by atoms with Crippen LogP contribution in [0.3, 0.4) is 0 Å². The fraction of sp³-hybridized carbons (Fsp3) is 0.308. The van der Waals surface area contributed by atoms with Crippen molar-refractivity contribution in [3.05, 3.63) is 34.9 Å². The van der Waals surface area contributed by atoms with E-state index in [9.17, 15) is 9.59 Å². The molecule has 1 aliphatic heterocycles. The normalized spacial score (nSPS) is 17.6. The van der Waals surface area contributed by atoms with Gasteiger partial charge >= 0.3 is 0 Å². The predicted octanol–water partition coefficient (Wildman–Crippen LogP) is 1.49. The number of rotatable bonds is 3. The summed E-state index contributed by atoms with van der Waals surface area (Å²) >= 11 is 7.30. The third-order valence-electron chi connectivity index (χ3n) is 2.88. The van der Waals surface area contributed by atoms with Crippen LogP contribution in [-0.2, 0) is 4.79 Å². The number of amides is 2. The molecule has 104 valence electrons. The Bertz CT molecular complexity index is 556. The lowest BCUT2D eigenvalue weighted by atomic mass is 10.1. The fourth-order valence-electron chi connectivity index (χ4n) is 1.86. The number of nitrogens with zero attached hydrogens (tertiary/aromatic N) is 2. The summed E-state index contributed by atoms with van der Waals surface area (Å²) in [4.78, 5) is 25.8. The Balaban J connectivity index is 2.10. The van der Waals surface area contributed by atoms with E-state index in [0.29, 0.717) is 22.2 Å². The largest absolute Gasteiger partial charge is 0.341 e. The minimum Gasteiger partial charge on any atom is -0.341 e. The van der Waals surface area contributed by atoms with Crippen molar-refractivity contribution < 1.29 is 9.59 Å². The number of carbonyl (C=O) groups is 2. The number of hydrogen-bond acceptors (Lipinski definition) is 4. The molecule has 0 bridgehead atoms. The topological polar surface area (TPSA) is 73.2 Å². The van der Waals surface area contributed by atoms with Crippen LogP contribution in [0.1, 0.15) is 10.4 Å². The molecule has 2 rings (SSSR count). The smallest absolute Gasteiger partial charge is 0.255 e. The molecule has 0 radical (unpaired) electrons. The fourth-order valence-corrected chi connectivity index (χ4v) is 3.14. The van der Waals surface area contributed by atoms with Gasteiger partial charge in [-0.3, -0.25) is 9.59 Å². The SMILES string of the molecule is N#CCNC(=O)C1CSCN1C(=O)c1ccc(Cl)cc1. The molecule has 0 spiro atoms. The van der Waals surface area contributed by atoms with Gasteiger partial charge in [0.05, 0.1) is 11.9 Å². The van der Waals surface area contributed by atoms with E-state index in [2.05, 4.69) is 5.32 Å². The van der Waals surface area contributed by atoms with Crippen molar-refractivity contribution in [1.29, 1.82) is 5.26 Å². The Morgan fingerprint density at radius 3 is 2.80 bits per heavy atom. The van der Waals surface area contributed by atoms with Crippen LogP contribution in [0.4, 0.5) is 0 Å². The zero-order valence-electron chi connectivity index (χ0n) is 10.5. The average Bonchev–Trinajstić information content (AvgIpc) is 2.94. The summed E-state index contributed by atoms with van der Waals surface area (Å²) in [7, 11) is 0. The standard InChI is InChI=1S/C13H12ClN3O2S/c14-10-3-1-9(2-4-10)13(19)17-8-20-7-11(17)12(18)16-6-5-15/h1-4,11H,6-8H2,(H,16,18). The first-order valence-corrected chi connectivity index (χ1v) is 7.45. The third kappa shape index (κ3) is 3.24. The van der Waals surface area contributed by atoms with Crippen LogP contribution in [0.5, 0.6) is 0 Å². The van der Waals surface area contributed by atoms with Crippen LogP contribution in [0.2, 0.25) is 5.02 Å². The Labute approximate surface area is 125 Å². The number of hydrogen-bond donors (Lipinski definition) is 1. The molecule has 1 aromatic carbocycles. The maximum atomic E-state index is 12.4. The Morgan fingerprint density at radius 1 is 1.45 bits per heavy atom. The number of thioether (sulfide) groups is 1. The number of nitrogens with one attached hydrogen (secondary N) is 1. The molecule has 0 aromatic heterocycles. The molecule has 0 aliphatic carbocycles.